The number of phosphoric ester groups is 1. The summed E-state index contributed by atoms with van der Waals surface area (Å²) in [4.78, 5) is 14.7. The van der Waals surface area contributed by atoms with Crippen LogP contribution in [0, 0.1) is 35.4 Å². The molecule has 0 bridgehead atoms. The summed E-state index contributed by atoms with van der Waals surface area (Å²) in [5.74, 6) is -0.604. The number of ether oxygens (including phenoxy) is 3. The second kappa shape index (κ2) is 23.2. The smallest absolute Gasteiger partial charge is 0.387 e. The van der Waals surface area contributed by atoms with E-state index < -0.39 is 56.9 Å². The Labute approximate surface area is 329 Å². The molecule has 0 spiro atoms. The lowest BCUT2D eigenvalue weighted by atomic mass is 9.92. The maximum Gasteiger partial charge on any atom is 0.472 e. The number of fused-ring (bicyclic) bond motifs is 1. The standard InChI is InChI=1S/C40H57FN5O9P/c1-3-4-5-6-7-8-9-10-11-12-13-14-15-16-19-51-25-34(52-24-32-20-31(23-42)21-33(41)22-32)26-53-56(49,50)54-27-36-38(47)39(48)40(28-43,55-36)37-18-17-35-30(2)44-29-45-46(35)37/h17-18,20-22,29,34,36,38-39,47-48H,3-16,19,24-27H2,1-2H3,(H,49,50)/t34-,36-,38-,39-,40+/m1/s1. The maximum absolute atomic E-state index is 14.0. The molecule has 1 unspecified atom stereocenters. The van der Waals surface area contributed by atoms with Gasteiger partial charge in [-0.2, -0.15) is 15.6 Å². The number of hydrogen-bond donors (Lipinski definition) is 3. The minimum absolute atomic E-state index is 0.00546. The van der Waals surface area contributed by atoms with Crippen molar-refractivity contribution in [3.8, 4) is 12.1 Å². The molecule has 6 atom stereocenters. The third-order valence-electron chi connectivity index (χ3n) is 9.99. The van der Waals surface area contributed by atoms with Crippen LogP contribution < -0.4 is 0 Å². The Morgan fingerprint density at radius 1 is 0.964 bits per heavy atom. The number of aliphatic hydroxyl groups is 2. The summed E-state index contributed by atoms with van der Waals surface area (Å²) in [6.07, 6.45) is 12.8. The molecule has 2 aromatic heterocycles. The lowest BCUT2D eigenvalue weighted by Gasteiger charge is -2.24. The highest BCUT2D eigenvalue weighted by molar-refractivity contribution is 7.47. The third kappa shape index (κ3) is 13.4. The van der Waals surface area contributed by atoms with Crippen LogP contribution in [0.15, 0.2) is 36.7 Å². The van der Waals surface area contributed by atoms with Gasteiger partial charge in [-0.3, -0.25) is 9.05 Å². The van der Waals surface area contributed by atoms with Crippen molar-refractivity contribution in [1.82, 2.24) is 14.6 Å². The normalized spacial score (nSPS) is 21.2. The predicted octanol–water partition coefficient (Wildman–Crippen LogP) is 7.10. The Balaban J connectivity index is 1.23. The molecular formula is C40H57FN5O9P. The van der Waals surface area contributed by atoms with Gasteiger partial charge in [0.05, 0.1) is 55.0 Å². The van der Waals surface area contributed by atoms with Gasteiger partial charge in [0.15, 0.2) is 0 Å². The maximum atomic E-state index is 14.0. The summed E-state index contributed by atoms with van der Waals surface area (Å²) in [6, 6.07) is 10.8. The SMILES string of the molecule is CCCCCCCCCCCCCCCCOC[C@H](COP(=O)(O)OC[C@H]1O[C@@](C#N)(c2ccc3c(C)ncnn23)[C@H](O)[C@@H]1O)OCc1cc(F)cc(C#N)c1. The van der Waals surface area contributed by atoms with Crippen molar-refractivity contribution in [3.63, 3.8) is 0 Å². The van der Waals surface area contributed by atoms with Crippen molar-refractivity contribution in [2.75, 3.05) is 26.4 Å². The number of aryl methyl sites for hydroxylation is 1. The van der Waals surface area contributed by atoms with Gasteiger partial charge in [-0.05, 0) is 49.2 Å². The molecular weight excluding hydrogens is 744 g/mol. The summed E-state index contributed by atoms with van der Waals surface area (Å²) in [6.45, 7) is 3.11. The molecule has 3 aromatic rings. The zero-order chi connectivity index (χ0) is 40.4. The van der Waals surface area contributed by atoms with E-state index in [0.717, 1.165) is 25.3 Å². The fourth-order valence-corrected chi connectivity index (χ4v) is 7.57. The highest BCUT2D eigenvalue weighted by atomic mass is 31.2. The van der Waals surface area contributed by atoms with E-state index in [0.29, 0.717) is 23.4 Å². The summed E-state index contributed by atoms with van der Waals surface area (Å²) < 4.78 is 56.4. The second-order valence-corrected chi connectivity index (χ2v) is 15.9. The molecule has 1 saturated heterocycles. The van der Waals surface area contributed by atoms with Gasteiger partial charge in [-0.1, -0.05) is 90.4 Å². The van der Waals surface area contributed by atoms with Gasteiger partial charge in [0.2, 0.25) is 5.60 Å². The molecule has 3 N–H and O–H groups in total. The van der Waals surface area contributed by atoms with Crippen LogP contribution in [-0.4, -0.2) is 80.5 Å². The number of unbranched alkanes of at least 4 members (excludes halogenated alkanes) is 13. The number of nitrogens with zero attached hydrogens (tertiary/aromatic N) is 5. The van der Waals surface area contributed by atoms with E-state index >= 15 is 0 Å². The van der Waals surface area contributed by atoms with Crippen LogP contribution in [0.3, 0.4) is 0 Å². The number of hydrogen-bond acceptors (Lipinski definition) is 12. The first-order valence-electron chi connectivity index (χ1n) is 19.8. The van der Waals surface area contributed by atoms with Crippen molar-refractivity contribution in [3.05, 3.63) is 65.0 Å². The van der Waals surface area contributed by atoms with Gasteiger partial charge in [-0.15, -0.1) is 0 Å². The van der Waals surface area contributed by atoms with E-state index in [1.807, 2.05) is 12.1 Å². The Bertz CT molecular complexity index is 1780. The van der Waals surface area contributed by atoms with Crippen LogP contribution >= 0.6 is 7.82 Å². The Kier molecular flexibility index (Phi) is 18.8. The average molecular weight is 802 g/mol. The highest BCUT2D eigenvalue weighted by Crippen LogP contribution is 2.46. The monoisotopic (exact) mass is 801 g/mol. The highest BCUT2D eigenvalue weighted by Gasteiger charge is 2.58. The molecule has 56 heavy (non-hydrogen) atoms. The van der Waals surface area contributed by atoms with Crippen LogP contribution in [0.4, 0.5) is 4.39 Å². The van der Waals surface area contributed by atoms with Gasteiger partial charge in [-0.25, -0.2) is 18.5 Å². The van der Waals surface area contributed by atoms with Gasteiger partial charge < -0.3 is 29.3 Å². The van der Waals surface area contributed by atoms with Crippen molar-refractivity contribution < 1.29 is 47.3 Å². The van der Waals surface area contributed by atoms with Crippen LogP contribution in [0.25, 0.3) is 5.52 Å². The molecule has 16 heteroatoms. The predicted molar refractivity (Wildman–Crippen MR) is 204 cm³/mol. The summed E-state index contributed by atoms with van der Waals surface area (Å²) in [5, 5.41) is 45.3. The molecule has 1 aliphatic rings. The third-order valence-corrected chi connectivity index (χ3v) is 10.9. The van der Waals surface area contributed by atoms with Crippen molar-refractivity contribution in [1.29, 1.82) is 10.5 Å². The molecule has 0 amide bonds. The quantitative estimate of drug-likeness (QED) is 0.0521. The van der Waals surface area contributed by atoms with Crippen molar-refractivity contribution in [2.24, 2.45) is 0 Å². The number of phosphoric acid groups is 1. The molecule has 14 nitrogen and oxygen atoms in total. The largest absolute Gasteiger partial charge is 0.472 e. The molecule has 3 heterocycles. The fourth-order valence-electron chi connectivity index (χ4n) is 6.81. The van der Waals surface area contributed by atoms with Crippen LogP contribution in [-0.2, 0) is 40.0 Å². The van der Waals surface area contributed by atoms with Gasteiger partial charge in [0.25, 0.3) is 0 Å². The van der Waals surface area contributed by atoms with Crippen LogP contribution in [0.5, 0.6) is 0 Å². The lowest BCUT2D eigenvalue weighted by molar-refractivity contribution is -0.0690. The number of rotatable bonds is 27. The van der Waals surface area contributed by atoms with Gasteiger partial charge in [0.1, 0.15) is 42.6 Å². The number of nitriles is 2. The van der Waals surface area contributed by atoms with Crippen LogP contribution in [0.1, 0.15) is 119 Å². The zero-order valence-electron chi connectivity index (χ0n) is 32.6. The number of benzene rings is 1. The topological polar surface area (TPSA) is 202 Å². The first-order chi connectivity index (χ1) is 27.0. The summed E-state index contributed by atoms with van der Waals surface area (Å²) in [5.41, 5.74) is -0.283. The molecule has 0 aliphatic carbocycles. The van der Waals surface area contributed by atoms with Gasteiger partial charge in [0, 0.05) is 6.61 Å². The molecule has 4 rings (SSSR count). The molecule has 308 valence electrons. The molecule has 1 aliphatic heterocycles. The van der Waals surface area contributed by atoms with Crippen LogP contribution in [0.2, 0.25) is 0 Å². The van der Waals surface area contributed by atoms with Crippen molar-refractivity contribution >= 4 is 13.3 Å². The van der Waals surface area contributed by atoms with E-state index in [1.165, 1.54) is 99.7 Å². The first-order valence-corrected chi connectivity index (χ1v) is 21.3. The Morgan fingerprint density at radius 3 is 2.27 bits per heavy atom. The molecule has 0 radical (unpaired) electrons. The van der Waals surface area contributed by atoms with E-state index in [2.05, 4.69) is 17.0 Å². The van der Waals surface area contributed by atoms with Gasteiger partial charge >= 0.3 is 7.82 Å². The zero-order valence-corrected chi connectivity index (χ0v) is 33.5. The summed E-state index contributed by atoms with van der Waals surface area (Å²) >= 11 is 0. The van der Waals surface area contributed by atoms with E-state index in [4.69, 9.17) is 23.3 Å². The van der Waals surface area contributed by atoms with E-state index in [9.17, 15) is 34.6 Å². The minimum Gasteiger partial charge on any atom is -0.387 e. The number of halogens is 1. The van der Waals surface area contributed by atoms with E-state index in [-0.39, 0.29) is 24.5 Å². The molecule has 1 aromatic carbocycles. The first kappa shape index (κ1) is 45.4. The number of aliphatic hydroxyl groups excluding tert-OH is 2. The second-order valence-electron chi connectivity index (χ2n) is 14.4. The lowest BCUT2D eigenvalue weighted by Crippen LogP contribution is -2.41. The molecule has 0 saturated carbocycles. The minimum atomic E-state index is -4.81. The molecule has 1 fully saturated rings. The fraction of sp³-hybridized carbons (Fsp3) is 0.650. The average Bonchev–Trinajstić information content (AvgIpc) is 3.73. The summed E-state index contributed by atoms with van der Waals surface area (Å²) in [7, 11) is -4.81. The number of aromatic nitrogens is 3. The Hall–Kier alpha value is -3.34. The van der Waals surface area contributed by atoms with E-state index in [1.54, 1.807) is 13.0 Å². The van der Waals surface area contributed by atoms with Crippen molar-refractivity contribution in [2.45, 2.75) is 140 Å². The Morgan fingerprint density at radius 2 is 1.62 bits per heavy atom.